The predicted octanol–water partition coefficient (Wildman–Crippen LogP) is 3.86. The van der Waals surface area contributed by atoms with Gasteiger partial charge in [0.1, 0.15) is 0 Å². The van der Waals surface area contributed by atoms with Crippen molar-refractivity contribution < 1.29 is 27.4 Å². The number of fused-ring (bicyclic) bond motifs is 5. The summed E-state index contributed by atoms with van der Waals surface area (Å²) in [6, 6.07) is 0. The number of allylic oxidation sites excluding steroid dienone is 2. The first-order valence-corrected chi connectivity index (χ1v) is 11.9. The molecule has 4 rings (SSSR count). The Balaban J connectivity index is 0.000000403. The summed E-state index contributed by atoms with van der Waals surface area (Å²) in [5.41, 5.74) is 1.71. The molecule has 7 atom stereocenters. The van der Waals surface area contributed by atoms with E-state index in [0.29, 0.717) is 17.1 Å². The number of ketones is 1. The Kier molecular flexibility index (Phi) is 5.87. The van der Waals surface area contributed by atoms with Gasteiger partial charge in [0, 0.05) is 0 Å². The Labute approximate surface area is 168 Å². The highest BCUT2D eigenvalue weighted by atomic mass is 32.3. The lowest BCUT2D eigenvalue weighted by atomic mass is 9.44. The van der Waals surface area contributed by atoms with Crippen molar-refractivity contribution in [2.45, 2.75) is 78.2 Å². The summed E-state index contributed by atoms with van der Waals surface area (Å²) < 4.78 is 31.6. The molecule has 0 saturated heterocycles. The van der Waals surface area contributed by atoms with E-state index >= 15 is 0 Å². The maximum Gasteiger partial charge on any atom is 0.394 e. The zero-order valence-corrected chi connectivity index (χ0v) is 17.9. The monoisotopic (exact) mass is 414 g/mol. The van der Waals surface area contributed by atoms with Crippen LogP contribution in [-0.2, 0) is 15.2 Å². The largest absolute Gasteiger partial charge is 0.394 e. The molecular formula is C21H34O6S. The van der Waals surface area contributed by atoms with Crippen LogP contribution in [0.2, 0.25) is 0 Å². The molecule has 6 nitrogen and oxygen atoms in total. The van der Waals surface area contributed by atoms with Crippen LogP contribution < -0.4 is 0 Å². The zero-order valence-electron chi connectivity index (χ0n) is 17.1. The third-order valence-corrected chi connectivity index (χ3v) is 8.60. The van der Waals surface area contributed by atoms with Gasteiger partial charge in [-0.2, -0.15) is 8.42 Å². The Morgan fingerprint density at radius 2 is 1.71 bits per heavy atom. The molecule has 3 saturated carbocycles. The molecule has 0 aromatic heterocycles. The van der Waals surface area contributed by atoms with Gasteiger partial charge in [0.15, 0.2) is 5.78 Å². The topological polar surface area (TPSA) is 112 Å². The lowest BCUT2D eigenvalue weighted by Gasteiger charge is -2.60. The summed E-state index contributed by atoms with van der Waals surface area (Å²) >= 11 is 0. The fourth-order valence-corrected chi connectivity index (χ4v) is 7.35. The van der Waals surface area contributed by atoms with Crippen LogP contribution in [-0.4, -0.2) is 34.5 Å². The number of aliphatic hydroxyl groups excluding tert-OH is 1. The fourth-order valence-electron chi connectivity index (χ4n) is 7.35. The molecule has 0 heterocycles. The van der Waals surface area contributed by atoms with Crippen LogP contribution in [0.15, 0.2) is 11.6 Å². The minimum absolute atomic E-state index is 0.0593. The molecule has 0 radical (unpaired) electrons. The van der Waals surface area contributed by atoms with Gasteiger partial charge >= 0.3 is 10.4 Å². The first-order chi connectivity index (χ1) is 12.9. The van der Waals surface area contributed by atoms with Gasteiger partial charge in [-0.15, -0.1) is 0 Å². The maximum absolute atomic E-state index is 12.1. The molecule has 0 bridgehead atoms. The minimum atomic E-state index is -4.67. The SMILES string of the molecule is CC(=O)C1=CC[C@H]2[C@@H]3CC[C@H]4C[C@@H](O)CC[C@]4(C)[C@H]3CC[C@]12C.O=S(=O)(O)O. The van der Waals surface area contributed by atoms with Crippen molar-refractivity contribution in [1.82, 2.24) is 0 Å². The minimum Gasteiger partial charge on any atom is -0.393 e. The van der Waals surface area contributed by atoms with Gasteiger partial charge in [-0.3, -0.25) is 13.9 Å². The molecule has 0 spiro atoms. The highest BCUT2D eigenvalue weighted by Gasteiger charge is 2.58. The lowest BCUT2D eigenvalue weighted by molar-refractivity contribution is -0.124. The van der Waals surface area contributed by atoms with E-state index in [1.807, 2.05) is 0 Å². The number of Topliss-reactive ketones (excluding diaryl/α,β-unsaturated/α-hetero) is 1. The molecule has 0 aromatic rings. The highest BCUT2D eigenvalue weighted by molar-refractivity contribution is 7.79. The number of hydrogen-bond acceptors (Lipinski definition) is 4. The van der Waals surface area contributed by atoms with Crippen molar-refractivity contribution in [3.63, 3.8) is 0 Å². The average molecular weight is 415 g/mol. The van der Waals surface area contributed by atoms with E-state index in [1.54, 1.807) is 6.92 Å². The Bertz CT molecular complexity index is 751. The first-order valence-electron chi connectivity index (χ1n) is 10.5. The van der Waals surface area contributed by atoms with Crippen LogP contribution in [0.25, 0.3) is 0 Å². The molecule has 28 heavy (non-hydrogen) atoms. The van der Waals surface area contributed by atoms with Crippen LogP contribution in [0.5, 0.6) is 0 Å². The lowest BCUT2D eigenvalue weighted by Crippen LogP contribution is -2.53. The smallest absolute Gasteiger partial charge is 0.393 e. The molecule has 4 aliphatic carbocycles. The van der Waals surface area contributed by atoms with E-state index < -0.39 is 10.4 Å². The molecule has 160 valence electrons. The number of carbonyl (C=O) groups excluding carboxylic acids is 1. The van der Waals surface area contributed by atoms with E-state index in [0.717, 1.165) is 42.6 Å². The molecule has 7 heteroatoms. The van der Waals surface area contributed by atoms with Crippen molar-refractivity contribution in [2.75, 3.05) is 0 Å². The molecule has 0 amide bonds. The maximum atomic E-state index is 12.1. The summed E-state index contributed by atoms with van der Waals surface area (Å²) in [5, 5.41) is 10.1. The number of aliphatic hydroxyl groups is 1. The molecular weight excluding hydrogens is 380 g/mol. The van der Waals surface area contributed by atoms with Gasteiger partial charge in [-0.1, -0.05) is 19.9 Å². The van der Waals surface area contributed by atoms with Crippen LogP contribution in [0.1, 0.15) is 72.1 Å². The van der Waals surface area contributed by atoms with Gasteiger partial charge in [0.2, 0.25) is 0 Å². The highest BCUT2D eigenvalue weighted by Crippen LogP contribution is 2.66. The first kappa shape index (κ1) is 21.9. The fraction of sp³-hybridized carbons (Fsp3) is 0.857. The second-order valence-corrected chi connectivity index (χ2v) is 10.8. The van der Waals surface area contributed by atoms with Gasteiger partial charge in [0.25, 0.3) is 0 Å². The van der Waals surface area contributed by atoms with Gasteiger partial charge in [0.05, 0.1) is 6.10 Å². The summed E-state index contributed by atoms with van der Waals surface area (Å²) in [6.07, 6.45) is 11.6. The van der Waals surface area contributed by atoms with Gasteiger partial charge in [-0.25, -0.2) is 0 Å². The van der Waals surface area contributed by atoms with Crippen molar-refractivity contribution in [1.29, 1.82) is 0 Å². The molecule has 0 aliphatic heterocycles. The summed E-state index contributed by atoms with van der Waals surface area (Å²) in [4.78, 5) is 12.1. The van der Waals surface area contributed by atoms with Crippen molar-refractivity contribution in [2.24, 2.45) is 34.5 Å². The van der Waals surface area contributed by atoms with Crippen molar-refractivity contribution in [3.05, 3.63) is 11.6 Å². The molecule has 3 N–H and O–H groups in total. The van der Waals surface area contributed by atoms with Crippen molar-refractivity contribution >= 4 is 16.2 Å². The summed E-state index contributed by atoms with van der Waals surface area (Å²) in [6.45, 7) is 6.65. The Morgan fingerprint density at radius 3 is 2.32 bits per heavy atom. The van der Waals surface area contributed by atoms with Crippen LogP contribution in [0.4, 0.5) is 0 Å². The van der Waals surface area contributed by atoms with E-state index in [9.17, 15) is 9.90 Å². The van der Waals surface area contributed by atoms with E-state index in [2.05, 4.69) is 19.9 Å². The van der Waals surface area contributed by atoms with Crippen LogP contribution >= 0.6 is 0 Å². The quantitative estimate of drug-likeness (QED) is 0.562. The number of rotatable bonds is 1. The van der Waals surface area contributed by atoms with Crippen molar-refractivity contribution in [3.8, 4) is 0 Å². The second-order valence-electron chi connectivity index (χ2n) is 9.90. The zero-order chi connectivity index (χ0) is 20.9. The van der Waals surface area contributed by atoms with Crippen LogP contribution in [0.3, 0.4) is 0 Å². The van der Waals surface area contributed by atoms with E-state index in [-0.39, 0.29) is 11.5 Å². The van der Waals surface area contributed by atoms with E-state index in [1.165, 1.54) is 32.1 Å². The normalized spacial score (nSPS) is 44.9. The van der Waals surface area contributed by atoms with E-state index in [4.69, 9.17) is 17.5 Å². The Hall–Kier alpha value is -0.760. The predicted molar refractivity (Wildman–Crippen MR) is 106 cm³/mol. The van der Waals surface area contributed by atoms with Gasteiger partial charge < -0.3 is 5.11 Å². The number of hydrogen-bond donors (Lipinski definition) is 3. The second kappa shape index (κ2) is 7.49. The third kappa shape index (κ3) is 3.95. The molecule has 0 aromatic carbocycles. The number of carbonyl (C=O) groups is 1. The summed E-state index contributed by atoms with van der Waals surface area (Å²) in [7, 11) is -4.67. The molecule has 4 aliphatic rings. The summed E-state index contributed by atoms with van der Waals surface area (Å²) in [5.74, 6) is 3.31. The standard InChI is InChI=1S/C21H32O2.H2O4S/c1-13(22)17-6-7-18-16-5-4-14-12-15(23)8-10-20(14,2)19(16)9-11-21(17,18)3;1-5(2,3)4/h6,14-16,18-19,23H,4-5,7-12H2,1-3H3;(H2,1,2,3,4)/t14-,15-,16-,18-,19-,20-,21+;/m0./s1. The van der Waals surface area contributed by atoms with Gasteiger partial charge in [-0.05, 0) is 98.4 Å². The average Bonchev–Trinajstić information content (AvgIpc) is 2.91. The third-order valence-electron chi connectivity index (χ3n) is 8.60. The Morgan fingerprint density at radius 1 is 1.07 bits per heavy atom. The molecule has 0 unspecified atom stereocenters. The van der Waals surface area contributed by atoms with Crippen LogP contribution in [0, 0.1) is 34.5 Å². The molecule has 3 fully saturated rings.